The maximum atomic E-state index is 5.58. The minimum Gasteiger partial charge on any atom is -0.330 e. The zero-order valence-corrected chi connectivity index (χ0v) is 8.38. The predicted molar refractivity (Wildman–Crippen MR) is 58.6 cm³/mol. The molecule has 70 valence electrons. The van der Waals surface area contributed by atoms with Crippen molar-refractivity contribution in [2.24, 2.45) is 5.73 Å². The molecule has 1 nitrogen and oxygen atoms in total. The molecule has 0 radical (unpaired) electrons. The Hall–Kier alpha value is -1.08. The van der Waals surface area contributed by atoms with Gasteiger partial charge in [0.15, 0.2) is 0 Å². The summed E-state index contributed by atoms with van der Waals surface area (Å²) in [6, 6.07) is 8.46. The zero-order valence-electron chi connectivity index (χ0n) is 8.38. The third-order valence-corrected chi connectivity index (χ3v) is 2.33. The van der Waals surface area contributed by atoms with Crippen LogP contribution in [0.5, 0.6) is 0 Å². The fraction of sp³-hybridized carbons (Fsp3) is 0.333. The van der Waals surface area contributed by atoms with E-state index in [9.17, 15) is 0 Å². The summed E-state index contributed by atoms with van der Waals surface area (Å²) in [7, 11) is 0. The lowest BCUT2D eigenvalue weighted by Crippen LogP contribution is -2.08. The highest BCUT2D eigenvalue weighted by Gasteiger charge is 2.02. The van der Waals surface area contributed by atoms with Crippen molar-refractivity contribution >= 4 is 5.57 Å². The third-order valence-electron chi connectivity index (χ3n) is 2.33. The van der Waals surface area contributed by atoms with Crippen molar-refractivity contribution in [2.75, 3.05) is 6.54 Å². The zero-order chi connectivity index (χ0) is 9.84. The van der Waals surface area contributed by atoms with Gasteiger partial charge in [-0.2, -0.15) is 0 Å². The van der Waals surface area contributed by atoms with E-state index < -0.39 is 0 Å². The molecule has 0 amide bonds. The van der Waals surface area contributed by atoms with E-state index in [1.165, 1.54) is 11.1 Å². The highest BCUT2D eigenvalue weighted by molar-refractivity contribution is 5.61. The largest absolute Gasteiger partial charge is 0.330 e. The second-order valence-electron chi connectivity index (χ2n) is 3.54. The van der Waals surface area contributed by atoms with Crippen LogP contribution in [0.3, 0.4) is 0 Å². The van der Waals surface area contributed by atoms with Crippen molar-refractivity contribution in [1.82, 2.24) is 0 Å². The normalized spacial score (nSPS) is 12.5. The maximum Gasteiger partial charge on any atom is -0.00109 e. The molecule has 0 bridgehead atoms. The Morgan fingerprint density at radius 3 is 2.31 bits per heavy atom. The van der Waals surface area contributed by atoms with Gasteiger partial charge in [-0.1, -0.05) is 43.3 Å². The molecule has 13 heavy (non-hydrogen) atoms. The van der Waals surface area contributed by atoms with Crippen molar-refractivity contribution < 1.29 is 0 Å². The molecule has 1 unspecified atom stereocenters. The average molecular weight is 175 g/mol. The Labute approximate surface area is 80.3 Å². The summed E-state index contributed by atoms with van der Waals surface area (Å²) < 4.78 is 0. The number of allylic oxidation sites excluding steroid dienone is 1. The van der Waals surface area contributed by atoms with Crippen LogP contribution >= 0.6 is 0 Å². The van der Waals surface area contributed by atoms with E-state index in [0.717, 1.165) is 5.57 Å². The fourth-order valence-electron chi connectivity index (χ4n) is 1.23. The summed E-state index contributed by atoms with van der Waals surface area (Å²) in [5, 5.41) is 0. The van der Waals surface area contributed by atoms with Crippen LogP contribution in [0.1, 0.15) is 30.9 Å². The first kappa shape index (κ1) is 10.0. The Bertz CT molecular complexity index is 284. The summed E-state index contributed by atoms with van der Waals surface area (Å²) in [4.78, 5) is 0. The molecule has 0 aromatic heterocycles. The van der Waals surface area contributed by atoms with Crippen LogP contribution in [0.15, 0.2) is 30.8 Å². The second kappa shape index (κ2) is 4.24. The second-order valence-corrected chi connectivity index (χ2v) is 3.54. The van der Waals surface area contributed by atoms with Crippen molar-refractivity contribution in [3.8, 4) is 0 Å². The molecule has 0 aliphatic rings. The lowest BCUT2D eigenvalue weighted by molar-refractivity contribution is 0.774. The van der Waals surface area contributed by atoms with Gasteiger partial charge in [0.2, 0.25) is 0 Å². The Morgan fingerprint density at radius 2 is 1.92 bits per heavy atom. The number of benzene rings is 1. The van der Waals surface area contributed by atoms with Crippen LogP contribution in [0.2, 0.25) is 0 Å². The molecule has 1 aromatic rings. The minimum absolute atomic E-state index is 0.444. The van der Waals surface area contributed by atoms with E-state index in [0.29, 0.717) is 12.5 Å². The van der Waals surface area contributed by atoms with E-state index in [-0.39, 0.29) is 0 Å². The van der Waals surface area contributed by atoms with E-state index in [1.54, 1.807) is 0 Å². The molecule has 1 rings (SSSR count). The summed E-state index contributed by atoms with van der Waals surface area (Å²) in [6.07, 6.45) is 0. The van der Waals surface area contributed by atoms with Gasteiger partial charge in [-0.15, -0.1) is 0 Å². The molecule has 1 atom stereocenters. The first-order valence-corrected chi connectivity index (χ1v) is 4.61. The average Bonchev–Trinajstić information content (AvgIpc) is 2.17. The summed E-state index contributed by atoms with van der Waals surface area (Å²) in [5.74, 6) is 0.444. The van der Waals surface area contributed by atoms with E-state index in [1.807, 2.05) is 6.92 Å². The molecule has 0 fully saturated rings. The predicted octanol–water partition coefficient (Wildman–Crippen LogP) is 2.78. The molecule has 2 N–H and O–H groups in total. The molecular weight excluding hydrogens is 158 g/mol. The van der Waals surface area contributed by atoms with Crippen LogP contribution in [0, 0.1) is 0 Å². The van der Waals surface area contributed by atoms with Gasteiger partial charge in [-0.25, -0.2) is 0 Å². The van der Waals surface area contributed by atoms with E-state index >= 15 is 0 Å². The SMILES string of the molecule is C=C(C)c1ccc(C(C)CN)cc1. The first-order chi connectivity index (χ1) is 6.15. The minimum atomic E-state index is 0.444. The monoisotopic (exact) mass is 175 g/mol. The summed E-state index contributed by atoms with van der Waals surface area (Å²) in [6.45, 7) is 8.75. The van der Waals surface area contributed by atoms with Gasteiger partial charge < -0.3 is 5.73 Å². The van der Waals surface area contributed by atoms with Gasteiger partial charge in [-0.3, -0.25) is 0 Å². The molecule has 1 aromatic carbocycles. The highest BCUT2D eigenvalue weighted by Crippen LogP contribution is 2.17. The Balaban J connectivity index is 2.87. The lowest BCUT2D eigenvalue weighted by atomic mass is 9.98. The van der Waals surface area contributed by atoms with Crippen LogP contribution < -0.4 is 5.73 Å². The molecule has 1 heteroatoms. The van der Waals surface area contributed by atoms with Crippen molar-refractivity contribution in [3.63, 3.8) is 0 Å². The lowest BCUT2D eigenvalue weighted by Gasteiger charge is -2.09. The van der Waals surface area contributed by atoms with E-state index in [4.69, 9.17) is 5.73 Å². The van der Waals surface area contributed by atoms with Crippen molar-refractivity contribution in [1.29, 1.82) is 0 Å². The van der Waals surface area contributed by atoms with Gasteiger partial charge in [0.05, 0.1) is 0 Å². The van der Waals surface area contributed by atoms with Gasteiger partial charge in [-0.05, 0) is 30.5 Å². The Kier molecular flexibility index (Phi) is 3.26. The molecule has 0 heterocycles. The van der Waals surface area contributed by atoms with Crippen LogP contribution in [-0.4, -0.2) is 6.54 Å². The molecule has 0 aliphatic heterocycles. The third kappa shape index (κ3) is 2.43. The molecule has 0 spiro atoms. The van der Waals surface area contributed by atoms with Crippen molar-refractivity contribution in [3.05, 3.63) is 42.0 Å². The van der Waals surface area contributed by atoms with Gasteiger partial charge in [0, 0.05) is 0 Å². The standard InChI is InChI=1S/C12H17N/c1-9(2)11-4-6-12(7-5-11)10(3)8-13/h4-7,10H,1,8,13H2,2-3H3. The fourth-order valence-corrected chi connectivity index (χ4v) is 1.23. The van der Waals surface area contributed by atoms with Gasteiger partial charge >= 0.3 is 0 Å². The Morgan fingerprint density at radius 1 is 1.38 bits per heavy atom. The topological polar surface area (TPSA) is 26.0 Å². The quantitative estimate of drug-likeness (QED) is 0.751. The van der Waals surface area contributed by atoms with Crippen LogP contribution in [-0.2, 0) is 0 Å². The number of rotatable bonds is 3. The van der Waals surface area contributed by atoms with Crippen molar-refractivity contribution in [2.45, 2.75) is 19.8 Å². The number of nitrogens with two attached hydrogens (primary N) is 1. The van der Waals surface area contributed by atoms with Crippen LogP contribution in [0.25, 0.3) is 5.57 Å². The molecular formula is C12H17N. The smallest absolute Gasteiger partial charge is 0.00109 e. The number of hydrogen-bond acceptors (Lipinski definition) is 1. The van der Waals surface area contributed by atoms with Crippen LogP contribution in [0.4, 0.5) is 0 Å². The summed E-state index contributed by atoms with van der Waals surface area (Å²) in [5.41, 5.74) is 9.19. The highest BCUT2D eigenvalue weighted by atomic mass is 14.5. The molecule has 0 aliphatic carbocycles. The van der Waals surface area contributed by atoms with E-state index in [2.05, 4.69) is 37.8 Å². The van der Waals surface area contributed by atoms with Gasteiger partial charge in [0.25, 0.3) is 0 Å². The molecule has 0 saturated carbocycles. The molecule has 0 saturated heterocycles. The first-order valence-electron chi connectivity index (χ1n) is 4.61. The number of hydrogen-bond donors (Lipinski definition) is 1. The summed E-state index contributed by atoms with van der Waals surface area (Å²) >= 11 is 0. The van der Waals surface area contributed by atoms with Gasteiger partial charge in [0.1, 0.15) is 0 Å². The maximum absolute atomic E-state index is 5.58.